The summed E-state index contributed by atoms with van der Waals surface area (Å²) in [7, 11) is 0. The van der Waals surface area contributed by atoms with Crippen LogP contribution in [0.15, 0.2) is 167 Å². The predicted octanol–water partition coefficient (Wildman–Crippen LogP) is 13.0. The summed E-state index contributed by atoms with van der Waals surface area (Å²) in [5, 5.41) is 0. The molecule has 0 aromatic heterocycles. The van der Waals surface area contributed by atoms with Crippen molar-refractivity contribution in [2.24, 2.45) is 0 Å². The highest BCUT2D eigenvalue weighted by Gasteiger charge is 2.29. The molecule has 0 unspecified atom stereocenters. The molecule has 286 valence electrons. The maximum Gasteiger partial charge on any atom is 0.161 e. The van der Waals surface area contributed by atoms with Crippen molar-refractivity contribution in [2.75, 3.05) is 52.9 Å². The monoisotopic (exact) mass is 880 g/mol. The van der Waals surface area contributed by atoms with Crippen molar-refractivity contribution in [1.82, 2.24) is 0 Å². The molecule has 0 amide bonds. The third-order valence-corrected chi connectivity index (χ3v) is 11.0. The van der Waals surface area contributed by atoms with Crippen LogP contribution < -0.4 is 9.47 Å². The fourth-order valence-electron chi connectivity index (χ4n) is 7.39. The summed E-state index contributed by atoms with van der Waals surface area (Å²) in [4.78, 5) is 0. The average molecular weight is 883 g/mol. The fourth-order valence-corrected chi connectivity index (χ4v) is 7.92. The van der Waals surface area contributed by atoms with Gasteiger partial charge in [-0.3, -0.25) is 0 Å². The zero-order valence-electron chi connectivity index (χ0n) is 31.5. The van der Waals surface area contributed by atoms with Crippen LogP contribution in [0.3, 0.4) is 0 Å². The number of ether oxygens (including phenoxy) is 5. The Hall–Kier alpha value is -5.02. The smallest absolute Gasteiger partial charge is 0.161 e. The van der Waals surface area contributed by atoms with Crippen LogP contribution in [-0.4, -0.2) is 52.9 Å². The molecule has 7 aromatic carbocycles. The van der Waals surface area contributed by atoms with Crippen LogP contribution in [0, 0.1) is 0 Å². The Bertz CT molecular complexity index is 2380. The van der Waals surface area contributed by atoms with Gasteiger partial charge >= 0.3 is 0 Å². The van der Waals surface area contributed by atoms with Crippen molar-refractivity contribution >= 4 is 31.9 Å². The van der Waals surface area contributed by atoms with E-state index in [-0.39, 0.29) is 0 Å². The van der Waals surface area contributed by atoms with Gasteiger partial charge in [0.2, 0.25) is 0 Å². The molecule has 0 N–H and O–H groups in total. The summed E-state index contributed by atoms with van der Waals surface area (Å²) >= 11 is 7.44. The molecule has 0 atom stereocenters. The lowest BCUT2D eigenvalue weighted by Crippen LogP contribution is -2.13. The Labute approximate surface area is 351 Å². The van der Waals surface area contributed by atoms with Gasteiger partial charge < -0.3 is 23.7 Å². The van der Waals surface area contributed by atoms with E-state index in [1.807, 2.05) is 6.07 Å². The third kappa shape index (κ3) is 9.09. The number of halogens is 2. The van der Waals surface area contributed by atoms with E-state index >= 15 is 0 Å². The van der Waals surface area contributed by atoms with E-state index in [1.54, 1.807) is 0 Å². The zero-order chi connectivity index (χ0) is 38.8. The molecule has 0 aliphatic carbocycles. The van der Waals surface area contributed by atoms with Crippen molar-refractivity contribution in [3.63, 3.8) is 0 Å². The average Bonchev–Trinajstić information content (AvgIpc) is 3.27. The molecule has 1 aliphatic rings. The molecule has 0 saturated heterocycles. The molecule has 57 heavy (non-hydrogen) atoms. The summed E-state index contributed by atoms with van der Waals surface area (Å²) in [5.41, 5.74) is 13.3. The molecule has 0 fully saturated rings. The first-order chi connectivity index (χ1) is 28.2. The fraction of sp³-hybridized carbons (Fsp3) is 0.160. The highest BCUT2D eigenvalue weighted by atomic mass is 79.9. The molecule has 5 nitrogen and oxygen atoms in total. The quantitative estimate of drug-likeness (QED) is 0.166. The largest absolute Gasteiger partial charge is 0.487 e. The standard InChI is InChI=1S/C50H42Br2O5/c51-41-21-16-38(17-22-41)48-45(35-10-4-1-5-11-35)46(36-12-6-2-7-13-36)50(47(37-14-8-3-9-15-37)49(48)39-18-23-42(52)24-19-39)40-20-25-43-44(34-40)57-33-31-55-29-27-53-26-28-54-30-32-56-43/h1-25,34H,26-33H2. The molecule has 8 rings (SSSR count). The summed E-state index contributed by atoms with van der Waals surface area (Å²) < 4.78 is 32.2. The second-order valence-corrected chi connectivity index (χ2v) is 15.4. The van der Waals surface area contributed by atoms with Crippen LogP contribution in [0.2, 0.25) is 0 Å². The van der Waals surface area contributed by atoms with Crippen molar-refractivity contribution in [3.05, 3.63) is 167 Å². The number of fused-ring (bicyclic) bond motifs is 1. The van der Waals surface area contributed by atoms with Crippen molar-refractivity contribution in [3.8, 4) is 78.3 Å². The van der Waals surface area contributed by atoms with E-state index in [1.165, 1.54) is 0 Å². The molecule has 7 heteroatoms. The minimum atomic E-state index is 0.356. The maximum atomic E-state index is 6.52. The van der Waals surface area contributed by atoms with Crippen LogP contribution in [0.5, 0.6) is 11.5 Å². The lowest BCUT2D eigenvalue weighted by Gasteiger charge is -2.29. The van der Waals surface area contributed by atoms with Crippen LogP contribution in [0.1, 0.15) is 0 Å². The van der Waals surface area contributed by atoms with Gasteiger partial charge in [0.15, 0.2) is 11.5 Å². The summed E-state index contributed by atoms with van der Waals surface area (Å²) in [6.45, 7) is 3.59. The summed E-state index contributed by atoms with van der Waals surface area (Å²) in [5.74, 6) is 1.29. The van der Waals surface area contributed by atoms with E-state index < -0.39 is 0 Å². The number of hydrogen-bond donors (Lipinski definition) is 0. The predicted molar refractivity (Wildman–Crippen MR) is 238 cm³/mol. The van der Waals surface area contributed by atoms with Gasteiger partial charge in [-0.15, -0.1) is 0 Å². The Kier molecular flexibility index (Phi) is 12.9. The first-order valence-electron chi connectivity index (χ1n) is 19.2. The van der Waals surface area contributed by atoms with Gasteiger partial charge in [-0.25, -0.2) is 0 Å². The summed E-state index contributed by atoms with van der Waals surface area (Å²) in [6.07, 6.45) is 0. The number of benzene rings is 7. The van der Waals surface area contributed by atoms with Gasteiger partial charge in [-0.1, -0.05) is 153 Å². The van der Waals surface area contributed by atoms with E-state index in [9.17, 15) is 0 Å². The van der Waals surface area contributed by atoms with E-state index in [0.29, 0.717) is 64.4 Å². The second kappa shape index (κ2) is 18.9. The van der Waals surface area contributed by atoms with Gasteiger partial charge in [-0.2, -0.15) is 0 Å². The first kappa shape index (κ1) is 38.8. The Morgan fingerprint density at radius 2 is 0.579 bits per heavy atom. The number of rotatable bonds is 6. The Morgan fingerprint density at radius 3 is 0.965 bits per heavy atom. The van der Waals surface area contributed by atoms with Gasteiger partial charge in [0, 0.05) is 8.95 Å². The number of hydrogen-bond acceptors (Lipinski definition) is 5. The normalized spacial score (nSPS) is 14.0. The van der Waals surface area contributed by atoms with Crippen LogP contribution in [-0.2, 0) is 14.2 Å². The second-order valence-electron chi connectivity index (χ2n) is 13.6. The molecule has 1 heterocycles. The zero-order valence-corrected chi connectivity index (χ0v) is 34.6. The topological polar surface area (TPSA) is 46.2 Å². The van der Waals surface area contributed by atoms with Crippen molar-refractivity contribution in [2.45, 2.75) is 0 Å². The van der Waals surface area contributed by atoms with Gasteiger partial charge in [-0.05, 0) is 103 Å². The van der Waals surface area contributed by atoms with E-state index in [2.05, 4.69) is 184 Å². The first-order valence-corrected chi connectivity index (χ1v) is 20.8. The van der Waals surface area contributed by atoms with Crippen molar-refractivity contribution < 1.29 is 23.7 Å². The van der Waals surface area contributed by atoms with Gasteiger partial charge in [0.1, 0.15) is 13.2 Å². The minimum Gasteiger partial charge on any atom is -0.487 e. The molecular formula is C50H42Br2O5. The van der Waals surface area contributed by atoms with Crippen LogP contribution in [0.4, 0.5) is 0 Å². The molecule has 0 spiro atoms. The van der Waals surface area contributed by atoms with Crippen LogP contribution >= 0.6 is 31.9 Å². The summed E-state index contributed by atoms with van der Waals surface area (Å²) in [6, 6.07) is 55.9. The lowest BCUT2D eigenvalue weighted by molar-refractivity contribution is 0.00708. The Morgan fingerprint density at radius 1 is 0.281 bits per heavy atom. The van der Waals surface area contributed by atoms with Gasteiger partial charge in [0.05, 0.1) is 39.6 Å². The molecular weight excluding hydrogens is 840 g/mol. The highest BCUT2D eigenvalue weighted by molar-refractivity contribution is 9.10. The SMILES string of the molecule is Brc1ccc(-c2c(-c3ccccc3)c(-c3ccccc3)c(-c3ccc4c(c3)OCCOCCOCCOCCO4)c(-c3ccccc3)c2-c2ccc(Br)cc2)cc1. The molecule has 0 radical (unpaired) electrons. The molecule has 0 bridgehead atoms. The van der Waals surface area contributed by atoms with Gasteiger partial charge in [0.25, 0.3) is 0 Å². The molecule has 1 aliphatic heterocycles. The lowest BCUT2D eigenvalue weighted by atomic mass is 9.74. The third-order valence-electron chi connectivity index (χ3n) is 9.90. The van der Waals surface area contributed by atoms with Crippen LogP contribution in [0.25, 0.3) is 66.8 Å². The Balaban J connectivity index is 1.50. The molecule has 0 saturated carbocycles. The highest BCUT2D eigenvalue weighted by Crippen LogP contribution is 2.56. The van der Waals surface area contributed by atoms with E-state index in [4.69, 9.17) is 23.7 Å². The van der Waals surface area contributed by atoms with E-state index in [0.717, 1.165) is 75.7 Å². The minimum absolute atomic E-state index is 0.356. The molecule has 7 aromatic rings. The van der Waals surface area contributed by atoms with Crippen molar-refractivity contribution in [1.29, 1.82) is 0 Å². The maximum absolute atomic E-state index is 6.52.